The number of hydrogen-bond acceptors (Lipinski definition) is 2. The van der Waals surface area contributed by atoms with Gasteiger partial charge >= 0.3 is 0 Å². The molecule has 2 nitrogen and oxygen atoms in total. The summed E-state index contributed by atoms with van der Waals surface area (Å²) < 4.78 is 0. The average Bonchev–Trinajstić information content (AvgIpc) is 2.55. The molecule has 0 unspecified atom stereocenters. The maximum absolute atomic E-state index is 9.92. The van der Waals surface area contributed by atoms with E-state index in [-0.39, 0.29) is 5.41 Å². The second-order valence-electron chi connectivity index (χ2n) is 7.53. The topological polar surface area (TPSA) is 23.5 Å². The van der Waals surface area contributed by atoms with Gasteiger partial charge in [0.25, 0.3) is 0 Å². The number of fused-ring (bicyclic) bond motifs is 4. The van der Waals surface area contributed by atoms with E-state index < -0.39 is 0 Å². The molecule has 2 bridgehead atoms. The highest BCUT2D eigenvalue weighted by molar-refractivity contribution is 5.44. The van der Waals surface area contributed by atoms with E-state index in [1.807, 2.05) is 12.1 Å². The van der Waals surface area contributed by atoms with Crippen LogP contribution in [0.4, 0.5) is 0 Å². The maximum atomic E-state index is 9.92. The van der Waals surface area contributed by atoms with Crippen LogP contribution in [-0.2, 0) is 18.4 Å². The summed E-state index contributed by atoms with van der Waals surface area (Å²) in [5, 5.41) is 9.92. The summed E-state index contributed by atoms with van der Waals surface area (Å²) in [6, 6.07) is 17.4. The zero-order chi connectivity index (χ0) is 16.0. The zero-order valence-electron chi connectivity index (χ0n) is 14.0. The third-order valence-corrected chi connectivity index (χ3v) is 6.34. The molecular weight excluding hydrogens is 282 g/mol. The van der Waals surface area contributed by atoms with Crippen molar-refractivity contribution >= 4 is 0 Å². The van der Waals surface area contributed by atoms with Crippen molar-refractivity contribution in [1.29, 1.82) is 0 Å². The number of phenols is 1. The van der Waals surface area contributed by atoms with Crippen molar-refractivity contribution in [1.82, 2.24) is 4.90 Å². The smallest absolute Gasteiger partial charge is 0.115 e. The summed E-state index contributed by atoms with van der Waals surface area (Å²) in [6.45, 7) is 6.96. The van der Waals surface area contributed by atoms with Crippen LogP contribution in [0.25, 0.3) is 0 Å². The van der Waals surface area contributed by atoms with Crippen molar-refractivity contribution in [2.24, 2.45) is 5.92 Å². The first-order chi connectivity index (χ1) is 11.1. The molecule has 120 valence electrons. The number of phenolic OH excluding ortho intramolecular Hbond substituents is 1. The first-order valence-corrected chi connectivity index (χ1v) is 8.68. The van der Waals surface area contributed by atoms with Gasteiger partial charge in [0.15, 0.2) is 0 Å². The molecule has 1 N–H and O–H groups in total. The largest absolute Gasteiger partial charge is 0.508 e. The number of piperidine rings is 1. The van der Waals surface area contributed by atoms with Gasteiger partial charge in [-0.1, -0.05) is 50.2 Å². The predicted molar refractivity (Wildman–Crippen MR) is 93.6 cm³/mol. The minimum atomic E-state index is 0.185. The van der Waals surface area contributed by atoms with Crippen LogP contribution < -0.4 is 0 Å². The molecule has 1 heterocycles. The molecule has 4 rings (SSSR count). The Balaban J connectivity index is 1.67. The summed E-state index contributed by atoms with van der Waals surface area (Å²) in [7, 11) is 0. The molecule has 23 heavy (non-hydrogen) atoms. The monoisotopic (exact) mass is 307 g/mol. The zero-order valence-corrected chi connectivity index (χ0v) is 14.0. The molecule has 1 aliphatic carbocycles. The number of aromatic hydroxyl groups is 1. The summed E-state index contributed by atoms with van der Waals surface area (Å²) in [4.78, 5) is 2.66. The summed E-state index contributed by atoms with van der Waals surface area (Å²) in [6.07, 6.45) is 2.26. The number of nitrogens with zero attached hydrogens (tertiary/aromatic N) is 1. The maximum Gasteiger partial charge on any atom is 0.115 e. The fourth-order valence-electron chi connectivity index (χ4n) is 4.71. The van der Waals surface area contributed by atoms with Crippen LogP contribution in [0.15, 0.2) is 48.5 Å². The lowest BCUT2D eigenvalue weighted by atomic mass is 9.59. The molecule has 2 heteroatoms. The Morgan fingerprint density at radius 1 is 1.17 bits per heavy atom. The van der Waals surface area contributed by atoms with Gasteiger partial charge in [-0.3, -0.25) is 4.90 Å². The Morgan fingerprint density at radius 2 is 1.96 bits per heavy atom. The number of rotatable bonds is 2. The molecule has 2 aliphatic rings. The Labute approximate surface area is 138 Å². The van der Waals surface area contributed by atoms with Gasteiger partial charge in [0, 0.05) is 12.6 Å². The highest BCUT2D eigenvalue weighted by Crippen LogP contribution is 2.49. The van der Waals surface area contributed by atoms with Gasteiger partial charge in [-0.05, 0) is 59.5 Å². The van der Waals surface area contributed by atoms with E-state index in [0.717, 1.165) is 25.9 Å². The first-order valence-electron chi connectivity index (χ1n) is 8.68. The lowest BCUT2D eigenvalue weighted by molar-refractivity contribution is 0.0258. The molecule has 3 atom stereocenters. The number of likely N-dealkylation sites (tertiary alicyclic amines) is 1. The third-order valence-electron chi connectivity index (χ3n) is 6.34. The van der Waals surface area contributed by atoms with Crippen molar-refractivity contribution in [2.75, 3.05) is 6.54 Å². The van der Waals surface area contributed by atoms with E-state index in [4.69, 9.17) is 0 Å². The third kappa shape index (κ3) is 2.36. The average molecular weight is 307 g/mol. The summed E-state index contributed by atoms with van der Waals surface area (Å²) in [5.74, 6) is 1.01. The van der Waals surface area contributed by atoms with E-state index in [1.165, 1.54) is 16.7 Å². The van der Waals surface area contributed by atoms with E-state index in [9.17, 15) is 5.11 Å². The van der Waals surface area contributed by atoms with E-state index in [2.05, 4.69) is 55.1 Å². The van der Waals surface area contributed by atoms with Gasteiger partial charge in [0.05, 0.1) is 0 Å². The van der Waals surface area contributed by atoms with Gasteiger partial charge in [-0.15, -0.1) is 0 Å². The van der Waals surface area contributed by atoms with Crippen molar-refractivity contribution in [3.8, 4) is 5.75 Å². The van der Waals surface area contributed by atoms with Crippen LogP contribution in [-0.4, -0.2) is 22.6 Å². The summed E-state index contributed by atoms with van der Waals surface area (Å²) in [5.41, 5.74) is 4.39. The van der Waals surface area contributed by atoms with E-state index >= 15 is 0 Å². The molecule has 0 radical (unpaired) electrons. The second-order valence-corrected chi connectivity index (χ2v) is 7.53. The molecule has 1 saturated heterocycles. The van der Waals surface area contributed by atoms with Crippen LogP contribution in [0.3, 0.4) is 0 Å². The van der Waals surface area contributed by atoms with Gasteiger partial charge in [0.2, 0.25) is 0 Å². The van der Waals surface area contributed by atoms with E-state index in [0.29, 0.717) is 17.7 Å². The number of hydrogen-bond donors (Lipinski definition) is 1. The predicted octanol–water partition coefficient (Wildman–Crippen LogP) is 4.12. The van der Waals surface area contributed by atoms with Crippen molar-refractivity contribution < 1.29 is 5.11 Å². The highest BCUT2D eigenvalue weighted by atomic mass is 16.3. The highest BCUT2D eigenvalue weighted by Gasteiger charge is 2.48. The van der Waals surface area contributed by atoms with Gasteiger partial charge in [0.1, 0.15) is 5.75 Å². The Hall–Kier alpha value is -1.80. The normalized spacial score (nSPS) is 30.0. The van der Waals surface area contributed by atoms with Crippen LogP contribution in [0.5, 0.6) is 5.75 Å². The molecule has 0 aromatic heterocycles. The van der Waals surface area contributed by atoms with Crippen LogP contribution >= 0.6 is 0 Å². The Kier molecular flexibility index (Phi) is 3.46. The fraction of sp³-hybridized carbons (Fsp3) is 0.429. The Morgan fingerprint density at radius 3 is 2.74 bits per heavy atom. The molecule has 1 aliphatic heterocycles. The van der Waals surface area contributed by atoms with Crippen molar-refractivity contribution in [3.63, 3.8) is 0 Å². The van der Waals surface area contributed by atoms with Gasteiger partial charge < -0.3 is 5.11 Å². The molecule has 2 aromatic carbocycles. The van der Waals surface area contributed by atoms with Crippen LogP contribution in [0, 0.1) is 5.92 Å². The van der Waals surface area contributed by atoms with Gasteiger partial charge in [-0.2, -0.15) is 0 Å². The summed E-state index contributed by atoms with van der Waals surface area (Å²) >= 11 is 0. The lowest BCUT2D eigenvalue weighted by Gasteiger charge is -2.54. The van der Waals surface area contributed by atoms with Crippen LogP contribution in [0.2, 0.25) is 0 Å². The molecule has 0 saturated carbocycles. The van der Waals surface area contributed by atoms with Crippen molar-refractivity contribution in [3.05, 3.63) is 65.2 Å². The van der Waals surface area contributed by atoms with Crippen molar-refractivity contribution in [2.45, 2.75) is 44.7 Å². The standard InChI is InChI=1S/C21H25NO/c1-15-20-12-17-8-9-18(23)13-19(17)21(15,2)10-11-22(20)14-16-6-4-3-5-7-16/h3-9,13,15,20,23H,10-12,14H2,1-2H3/t15-,20-,21-/m1/s1. The SMILES string of the molecule is C[C@@H]1[C@H]2Cc3ccc(O)cc3[C@]1(C)CCN2Cc1ccccc1. The number of benzene rings is 2. The van der Waals surface area contributed by atoms with Gasteiger partial charge in [-0.25, -0.2) is 0 Å². The lowest BCUT2D eigenvalue weighted by Crippen LogP contribution is -2.57. The minimum absolute atomic E-state index is 0.185. The van der Waals surface area contributed by atoms with Crippen LogP contribution in [0.1, 0.15) is 37.0 Å². The Bertz CT molecular complexity index is 711. The minimum Gasteiger partial charge on any atom is -0.508 e. The second kappa shape index (κ2) is 5.38. The molecular formula is C21H25NO. The molecule has 0 spiro atoms. The first kappa shape index (κ1) is 14.8. The molecule has 1 fully saturated rings. The fourth-order valence-corrected chi connectivity index (χ4v) is 4.71. The molecule has 0 amide bonds. The van der Waals surface area contributed by atoms with E-state index in [1.54, 1.807) is 0 Å². The quantitative estimate of drug-likeness (QED) is 0.902. The molecule has 2 aromatic rings.